The summed E-state index contributed by atoms with van der Waals surface area (Å²) in [5, 5.41) is 1.95. The van der Waals surface area contributed by atoms with Crippen molar-refractivity contribution in [2.45, 2.75) is 38.5 Å². The van der Waals surface area contributed by atoms with Crippen LogP contribution in [0.3, 0.4) is 0 Å². The summed E-state index contributed by atoms with van der Waals surface area (Å²) >= 11 is 1.50. The average Bonchev–Trinajstić information content (AvgIpc) is 3.18. The van der Waals surface area contributed by atoms with Gasteiger partial charge in [-0.3, -0.25) is 9.59 Å². The summed E-state index contributed by atoms with van der Waals surface area (Å²) in [7, 11) is 0. The summed E-state index contributed by atoms with van der Waals surface area (Å²) in [5.41, 5.74) is -0.181. The lowest BCUT2D eigenvalue weighted by Crippen LogP contribution is -2.37. The highest BCUT2D eigenvalue weighted by Gasteiger charge is 2.48. The molecule has 1 atom stereocenters. The lowest BCUT2D eigenvalue weighted by Gasteiger charge is -2.26. The Bertz CT molecular complexity index is 596. The number of likely N-dealkylation sites (tertiary alicyclic amines) is 2. The fourth-order valence-electron chi connectivity index (χ4n) is 4.10. The molecule has 3 fully saturated rings. The van der Waals surface area contributed by atoms with Gasteiger partial charge in [-0.2, -0.15) is 0 Å². The van der Waals surface area contributed by atoms with Crippen LogP contribution < -0.4 is 0 Å². The third-order valence-electron chi connectivity index (χ3n) is 5.74. The van der Waals surface area contributed by atoms with E-state index in [0.29, 0.717) is 5.91 Å². The van der Waals surface area contributed by atoms with E-state index in [-0.39, 0.29) is 11.3 Å². The van der Waals surface area contributed by atoms with Crippen LogP contribution in [0.5, 0.6) is 0 Å². The van der Waals surface area contributed by atoms with E-state index in [0.717, 1.165) is 62.7 Å². The van der Waals surface area contributed by atoms with E-state index in [1.807, 2.05) is 22.4 Å². The molecule has 3 heterocycles. The SMILES string of the molecule is O=C(c1cccs1)N1CCC[C@]2(CC1)CCN(CC1CC1)C2=O. The van der Waals surface area contributed by atoms with Gasteiger partial charge >= 0.3 is 0 Å². The monoisotopic (exact) mass is 332 g/mol. The summed E-state index contributed by atoms with van der Waals surface area (Å²) in [6.07, 6.45) is 6.30. The molecule has 124 valence electrons. The molecular weight excluding hydrogens is 308 g/mol. The summed E-state index contributed by atoms with van der Waals surface area (Å²) in [5.74, 6) is 1.27. The van der Waals surface area contributed by atoms with E-state index in [9.17, 15) is 9.59 Å². The van der Waals surface area contributed by atoms with Crippen molar-refractivity contribution in [3.8, 4) is 0 Å². The Balaban J connectivity index is 1.42. The topological polar surface area (TPSA) is 40.6 Å². The second-order valence-electron chi connectivity index (χ2n) is 7.35. The molecule has 1 aliphatic carbocycles. The summed E-state index contributed by atoms with van der Waals surface area (Å²) in [6.45, 7) is 3.40. The first-order valence-corrected chi connectivity index (χ1v) is 9.68. The quantitative estimate of drug-likeness (QED) is 0.854. The third-order valence-corrected chi connectivity index (χ3v) is 6.60. The molecule has 2 amide bonds. The van der Waals surface area contributed by atoms with Gasteiger partial charge in [0.1, 0.15) is 0 Å². The summed E-state index contributed by atoms with van der Waals surface area (Å²) in [4.78, 5) is 30.4. The van der Waals surface area contributed by atoms with Gasteiger partial charge in [-0.15, -0.1) is 11.3 Å². The molecular formula is C18H24N2O2S. The van der Waals surface area contributed by atoms with Gasteiger partial charge in [-0.1, -0.05) is 6.07 Å². The molecule has 0 radical (unpaired) electrons. The zero-order valence-electron chi connectivity index (χ0n) is 13.5. The van der Waals surface area contributed by atoms with Gasteiger partial charge in [0, 0.05) is 26.2 Å². The number of rotatable bonds is 3. The van der Waals surface area contributed by atoms with Crippen LogP contribution in [0.25, 0.3) is 0 Å². The highest BCUT2D eigenvalue weighted by molar-refractivity contribution is 7.12. The molecule has 3 aliphatic rings. The van der Waals surface area contributed by atoms with E-state index in [1.165, 1.54) is 24.2 Å². The molecule has 0 N–H and O–H groups in total. The Morgan fingerprint density at radius 1 is 1.22 bits per heavy atom. The van der Waals surface area contributed by atoms with Crippen molar-refractivity contribution < 1.29 is 9.59 Å². The minimum Gasteiger partial charge on any atom is -0.342 e. The van der Waals surface area contributed by atoms with Crippen molar-refractivity contribution in [1.29, 1.82) is 0 Å². The highest BCUT2D eigenvalue weighted by atomic mass is 32.1. The van der Waals surface area contributed by atoms with Crippen molar-refractivity contribution in [3.05, 3.63) is 22.4 Å². The molecule has 1 saturated carbocycles. The van der Waals surface area contributed by atoms with Gasteiger partial charge in [0.2, 0.25) is 5.91 Å². The molecule has 5 heteroatoms. The molecule has 4 nitrogen and oxygen atoms in total. The van der Waals surface area contributed by atoms with E-state index < -0.39 is 0 Å². The largest absolute Gasteiger partial charge is 0.342 e. The molecule has 1 aromatic heterocycles. The molecule has 1 aromatic rings. The molecule has 4 rings (SSSR count). The van der Waals surface area contributed by atoms with Gasteiger partial charge in [0.05, 0.1) is 10.3 Å². The fraction of sp³-hybridized carbons (Fsp3) is 0.667. The van der Waals surface area contributed by atoms with Crippen LogP contribution >= 0.6 is 11.3 Å². The maximum absolute atomic E-state index is 12.9. The predicted octanol–water partition coefficient (Wildman–Crippen LogP) is 3.00. The molecule has 2 saturated heterocycles. The number of amides is 2. The zero-order valence-corrected chi connectivity index (χ0v) is 14.3. The molecule has 0 bridgehead atoms. The predicted molar refractivity (Wildman–Crippen MR) is 90.4 cm³/mol. The van der Waals surface area contributed by atoms with Crippen LogP contribution in [0.4, 0.5) is 0 Å². The van der Waals surface area contributed by atoms with E-state index in [2.05, 4.69) is 4.90 Å². The van der Waals surface area contributed by atoms with Crippen LogP contribution in [-0.4, -0.2) is 47.8 Å². The Morgan fingerprint density at radius 3 is 2.78 bits per heavy atom. The number of nitrogens with zero attached hydrogens (tertiary/aromatic N) is 2. The van der Waals surface area contributed by atoms with Gasteiger partial charge in [-0.25, -0.2) is 0 Å². The van der Waals surface area contributed by atoms with Crippen LogP contribution in [-0.2, 0) is 4.79 Å². The average molecular weight is 332 g/mol. The van der Waals surface area contributed by atoms with E-state index in [1.54, 1.807) is 0 Å². The third kappa shape index (κ3) is 2.91. The summed E-state index contributed by atoms with van der Waals surface area (Å²) < 4.78 is 0. The van der Waals surface area contributed by atoms with Gasteiger partial charge in [0.25, 0.3) is 5.91 Å². The standard InChI is InChI=1S/C18H24N2O2S/c21-16(15-3-1-12-23-15)19-9-2-6-18(7-10-19)8-11-20(17(18)22)13-14-4-5-14/h1,3,12,14H,2,4-11,13H2/t18-/m0/s1. The van der Waals surface area contributed by atoms with Crippen molar-refractivity contribution in [1.82, 2.24) is 9.80 Å². The Morgan fingerprint density at radius 2 is 2.04 bits per heavy atom. The maximum atomic E-state index is 12.9. The first kappa shape index (κ1) is 15.2. The van der Waals surface area contributed by atoms with Gasteiger partial charge in [0.15, 0.2) is 0 Å². The smallest absolute Gasteiger partial charge is 0.263 e. The minimum absolute atomic E-state index is 0.136. The molecule has 0 aromatic carbocycles. The highest BCUT2D eigenvalue weighted by Crippen LogP contribution is 2.43. The maximum Gasteiger partial charge on any atom is 0.263 e. The number of carbonyl (C=O) groups excluding carboxylic acids is 2. The van der Waals surface area contributed by atoms with Crippen molar-refractivity contribution >= 4 is 23.2 Å². The summed E-state index contributed by atoms with van der Waals surface area (Å²) in [6, 6.07) is 3.82. The van der Waals surface area contributed by atoms with Crippen LogP contribution in [0, 0.1) is 11.3 Å². The molecule has 0 unspecified atom stereocenters. The first-order chi connectivity index (χ1) is 11.2. The van der Waals surface area contributed by atoms with Crippen molar-refractivity contribution in [2.75, 3.05) is 26.2 Å². The van der Waals surface area contributed by atoms with Crippen molar-refractivity contribution in [3.63, 3.8) is 0 Å². The number of carbonyl (C=O) groups is 2. The Kier molecular flexibility index (Phi) is 3.92. The minimum atomic E-state index is -0.181. The lowest BCUT2D eigenvalue weighted by atomic mass is 9.79. The number of thiophene rings is 1. The Hall–Kier alpha value is -1.36. The first-order valence-electron chi connectivity index (χ1n) is 8.80. The van der Waals surface area contributed by atoms with E-state index >= 15 is 0 Å². The Labute approximate surface area is 141 Å². The number of hydrogen-bond acceptors (Lipinski definition) is 3. The second kappa shape index (κ2) is 5.93. The normalized spacial score (nSPS) is 28.4. The zero-order chi connectivity index (χ0) is 15.9. The van der Waals surface area contributed by atoms with E-state index in [4.69, 9.17) is 0 Å². The lowest BCUT2D eigenvalue weighted by molar-refractivity contribution is -0.136. The van der Waals surface area contributed by atoms with Gasteiger partial charge in [-0.05, 0) is 55.9 Å². The van der Waals surface area contributed by atoms with Crippen molar-refractivity contribution in [2.24, 2.45) is 11.3 Å². The van der Waals surface area contributed by atoms with Crippen LogP contribution in [0.15, 0.2) is 17.5 Å². The fourth-order valence-corrected chi connectivity index (χ4v) is 4.79. The molecule has 2 aliphatic heterocycles. The van der Waals surface area contributed by atoms with Crippen LogP contribution in [0.1, 0.15) is 48.2 Å². The van der Waals surface area contributed by atoms with Gasteiger partial charge < -0.3 is 9.80 Å². The molecule has 1 spiro atoms. The second-order valence-corrected chi connectivity index (χ2v) is 8.30. The molecule has 23 heavy (non-hydrogen) atoms. The van der Waals surface area contributed by atoms with Crippen LogP contribution in [0.2, 0.25) is 0 Å². The number of hydrogen-bond donors (Lipinski definition) is 0.